The van der Waals surface area contributed by atoms with Crippen molar-refractivity contribution in [3.8, 4) is 11.5 Å². The summed E-state index contributed by atoms with van der Waals surface area (Å²) in [6, 6.07) is 4.55. The molecular weight excluding hydrogens is 220 g/mol. The predicted octanol–water partition coefficient (Wildman–Crippen LogP) is 0.446. The molecule has 92 valence electrons. The highest BCUT2D eigenvalue weighted by Gasteiger charge is 2.21. The summed E-state index contributed by atoms with van der Waals surface area (Å²) in [6.07, 6.45) is 0. The Morgan fingerprint density at radius 2 is 2.12 bits per heavy atom. The second-order valence-corrected chi connectivity index (χ2v) is 3.93. The summed E-state index contributed by atoms with van der Waals surface area (Å²) in [4.78, 5) is 14.0. The highest BCUT2D eigenvalue weighted by atomic mass is 16.5. The number of carbonyl (C=O) groups excluding carboxylic acids is 1. The minimum absolute atomic E-state index is 0.0525. The Hall–Kier alpha value is -1.75. The van der Waals surface area contributed by atoms with E-state index in [0.29, 0.717) is 24.4 Å². The van der Waals surface area contributed by atoms with Crippen molar-refractivity contribution in [3.63, 3.8) is 0 Å². The molecule has 17 heavy (non-hydrogen) atoms. The van der Waals surface area contributed by atoms with Crippen molar-refractivity contribution in [3.05, 3.63) is 23.8 Å². The molecular formula is C12H16N2O3. The lowest BCUT2D eigenvalue weighted by Gasteiger charge is -2.27. The van der Waals surface area contributed by atoms with Crippen molar-refractivity contribution < 1.29 is 14.6 Å². The lowest BCUT2D eigenvalue weighted by atomic mass is 10.1. The zero-order valence-electron chi connectivity index (χ0n) is 9.77. The Labute approximate surface area is 100.0 Å². The number of piperazine rings is 1. The Kier molecular flexibility index (Phi) is 3.49. The third-order valence-electron chi connectivity index (χ3n) is 2.82. The van der Waals surface area contributed by atoms with Gasteiger partial charge in [0.05, 0.1) is 12.7 Å². The summed E-state index contributed by atoms with van der Waals surface area (Å²) in [5.41, 5.74) is 0.493. The van der Waals surface area contributed by atoms with Gasteiger partial charge in [-0.05, 0) is 12.1 Å². The summed E-state index contributed by atoms with van der Waals surface area (Å²) in [6.45, 7) is 3.02. The highest BCUT2D eigenvalue weighted by Crippen LogP contribution is 2.25. The first-order valence-corrected chi connectivity index (χ1v) is 5.59. The fourth-order valence-corrected chi connectivity index (χ4v) is 1.89. The molecule has 0 atom stereocenters. The van der Waals surface area contributed by atoms with E-state index in [4.69, 9.17) is 4.74 Å². The number of hydrogen-bond donors (Lipinski definition) is 2. The molecule has 1 aromatic carbocycles. The molecule has 1 amide bonds. The molecule has 1 heterocycles. The van der Waals surface area contributed by atoms with Crippen molar-refractivity contribution in [2.75, 3.05) is 33.3 Å². The molecule has 1 saturated heterocycles. The largest absolute Gasteiger partial charge is 0.508 e. The van der Waals surface area contributed by atoms with Crippen LogP contribution in [0.3, 0.4) is 0 Å². The molecule has 2 N–H and O–H groups in total. The minimum atomic E-state index is -0.0525. The van der Waals surface area contributed by atoms with Crippen LogP contribution < -0.4 is 10.1 Å². The van der Waals surface area contributed by atoms with Gasteiger partial charge in [0.15, 0.2) is 0 Å². The van der Waals surface area contributed by atoms with Crippen molar-refractivity contribution in [2.45, 2.75) is 0 Å². The number of hydrogen-bond acceptors (Lipinski definition) is 4. The van der Waals surface area contributed by atoms with Crippen molar-refractivity contribution >= 4 is 5.91 Å². The van der Waals surface area contributed by atoms with Gasteiger partial charge in [0.2, 0.25) is 0 Å². The topological polar surface area (TPSA) is 61.8 Å². The van der Waals surface area contributed by atoms with Gasteiger partial charge in [-0.1, -0.05) is 0 Å². The Bertz CT molecular complexity index is 414. The van der Waals surface area contributed by atoms with Gasteiger partial charge >= 0.3 is 0 Å². The third-order valence-corrected chi connectivity index (χ3v) is 2.82. The third kappa shape index (κ3) is 2.50. The molecule has 0 saturated carbocycles. The summed E-state index contributed by atoms with van der Waals surface area (Å²) in [5.74, 6) is 0.454. The van der Waals surface area contributed by atoms with Crippen LogP contribution in [0.25, 0.3) is 0 Å². The first-order valence-electron chi connectivity index (χ1n) is 5.59. The Morgan fingerprint density at radius 3 is 2.76 bits per heavy atom. The van der Waals surface area contributed by atoms with Crippen LogP contribution in [0.1, 0.15) is 10.4 Å². The van der Waals surface area contributed by atoms with Gasteiger partial charge in [-0.25, -0.2) is 0 Å². The summed E-state index contributed by atoms with van der Waals surface area (Å²) in [7, 11) is 1.49. The van der Waals surface area contributed by atoms with Crippen LogP contribution in [0.15, 0.2) is 18.2 Å². The number of amides is 1. The van der Waals surface area contributed by atoms with Crippen LogP contribution in [0.2, 0.25) is 0 Å². The lowest BCUT2D eigenvalue weighted by molar-refractivity contribution is 0.0732. The maximum Gasteiger partial charge on any atom is 0.257 e. The van der Waals surface area contributed by atoms with E-state index in [1.54, 1.807) is 11.0 Å². The maximum atomic E-state index is 12.2. The average molecular weight is 236 g/mol. The lowest BCUT2D eigenvalue weighted by Crippen LogP contribution is -2.46. The molecule has 2 rings (SSSR count). The second-order valence-electron chi connectivity index (χ2n) is 3.93. The quantitative estimate of drug-likeness (QED) is 0.782. The van der Waals surface area contributed by atoms with Crippen LogP contribution in [-0.4, -0.2) is 49.2 Å². The van der Waals surface area contributed by atoms with Crippen LogP contribution in [0.4, 0.5) is 0 Å². The zero-order chi connectivity index (χ0) is 12.3. The van der Waals surface area contributed by atoms with Crippen LogP contribution in [0.5, 0.6) is 11.5 Å². The number of carbonyl (C=O) groups is 1. The first kappa shape index (κ1) is 11.7. The van der Waals surface area contributed by atoms with Gasteiger partial charge in [-0.2, -0.15) is 0 Å². The van der Waals surface area contributed by atoms with Gasteiger partial charge in [-0.15, -0.1) is 0 Å². The number of phenolic OH excluding ortho intramolecular Hbond substituents is 1. The van der Waals surface area contributed by atoms with E-state index in [1.165, 1.54) is 19.2 Å². The number of aromatic hydroxyl groups is 1. The van der Waals surface area contributed by atoms with E-state index >= 15 is 0 Å². The predicted molar refractivity (Wildman–Crippen MR) is 63.4 cm³/mol. The van der Waals surface area contributed by atoms with Gasteiger partial charge in [0, 0.05) is 32.2 Å². The number of rotatable bonds is 2. The molecule has 1 fully saturated rings. The fourth-order valence-electron chi connectivity index (χ4n) is 1.89. The van der Waals surface area contributed by atoms with Crippen molar-refractivity contribution in [2.24, 2.45) is 0 Å². The van der Waals surface area contributed by atoms with Gasteiger partial charge in [-0.3, -0.25) is 4.79 Å². The molecule has 1 aromatic rings. The standard InChI is InChI=1S/C12H16N2O3/c1-17-11-8-9(15)2-3-10(11)12(16)14-6-4-13-5-7-14/h2-3,8,13,15H,4-7H2,1H3. The van der Waals surface area contributed by atoms with Crippen molar-refractivity contribution in [1.29, 1.82) is 0 Å². The number of nitrogens with one attached hydrogen (secondary N) is 1. The summed E-state index contributed by atoms with van der Waals surface area (Å²) >= 11 is 0. The normalized spacial score (nSPS) is 15.7. The van der Waals surface area contributed by atoms with Crippen LogP contribution >= 0.6 is 0 Å². The summed E-state index contributed by atoms with van der Waals surface area (Å²) < 4.78 is 5.11. The number of ether oxygens (including phenoxy) is 1. The molecule has 0 aromatic heterocycles. The smallest absolute Gasteiger partial charge is 0.257 e. The van der Waals surface area contributed by atoms with Gasteiger partial charge in [0.1, 0.15) is 11.5 Å². The number of nitrogens with zero attached hydrogens (tertiary/aromatic N) is 1. The van der Waals surface area contributed by atoms with E-state index in [2.05, 4.69) is 5.32 Å². The average Bonchev–Trinajstić information content (AvgIpc) is 2.39. The fraction of sp³-hybridized carbons (Fsp3) is 0.417. The maximum absolute atomic E-state index is 12.2. The Morgan fingerprint density at radius 1 is 1.41 bits per heavy atom. The number of benzene rings is 1. The van der Waals surface area contributed by atoms with E-state index in [0.717, 1.165) is 13.1 Å². The van der Waals surface area contributed by atoms with Crippen molar-refractivity contribution in [1.82, 2.24) is 10.2 Å². The first-order chi connectivity index (χ1) is 8.22. The van der Waals surface area contributed by atoms with E-state index in [1.807, 2.05) is 0 Å². The summed E-state index contributed by atoms with van der Waals surface area (Å²) in [5, 5.41) is 12.5. The molecule has 0 spiro atoms. The van der Waals surface area contributed by atoms with E-state index < -0.39 is 0 Å². The molecule has 1 aliphatic rings. The SMILES string of the molecule is COc1cc(O)ccc1C(=O)N1CCNCC1. The highest BCUT2D eigenvalue weighted by molar-refractivity contribution is 5.97. The van der Waals surface area contributed by atoms with Crippen LogP contribution in [0, 0.1) is 0 Å². The zero-order valence-corrected chi connectivity index (χ0v) is 9.77. The second kappa shape index (κ2) is 5.05. The van der Waals surface area contributed by atoms with Crippen LogP contribution in [-0.2, 0) is 0 Å². The number of methoxy groups -OCH3 is 1. The molecule has 5 heteroatoms. The van der Waals surface area contributed by atoms with E-state index in [-0.39, 0.29) is 11.7 Å². The molecule has 0 aliphatic carbocycles. The van der Waals surface area contributed by atoms with Gasteiger partial charge < -0.3 is 20.1 Å². The molecule has 0 unspecified atom stereocenters. The molecule has 0 radical (unpaired) electrons. The van der Waals surface area contributed by atoms with Gasteiger partial charge in [0.25, 0.3) is 5.91 Å². The molecule has 0 bridgehead atoms. The number of phenols is 1. The molecule has 5 nitrogen and oxygen atoms in total. The monoisotopic (exact) mass is 236 g/mol. The molecule has 1 aliphatic heterocycles. The van der Waals surface area contributed by atoms with E-state index in [9.17, 15) is 9.90 Å². The minimum Gasteiger partial charge on any atom is -0.508 e. The Balaban J connectivity index is 2.23.